The number of rotatable bonds is 6. The third-order valence-electron chi connectivity index (χ3n) is 3.79. The van der Waals surface area contributed by atoms with Crippen LogP contribution in [0.25, 0.3) is 0 Å². The molecule has 1 amide bonds. The number of amides is 1. The van der Waals surface area contributed by atoms with Gasteiger partial charge in [0.25, 0.3) is 11.8 Å². The summed E-state index contributed by atoms with van der Waals surface area (Å²) in [6, 6.07) is 1.57. The third-order valence-corrected chi connectivity index (χ3v) is 3.79. The molecular formula is C15H18F5N3O3. The molecule has 11 heteroatoms. The van der Waals surface area contributed by atoms with Crippen LogP contribution >= 0.6 is 0 Å². The molecule has 2 heterocycles. The molecule has 1 aliphatic rings. The fraction of sp³-hybridized carbons (Fsp3) is 0.600. The summed E-state index contributed by atoms with van der Waals surface area (Å²) in [6.07, 6.45) is -3.49. The van der Waals surface area contributed by atoms with Crippen molar-refractivity contribution in [3.63, 3.8) is 0 Å². The molecule has 0 radical (unpaired) electrons. The quantitative estimate of drug-likeness (QED) is 0.737. The number of hydrogen-bond acceptors (Lipinski definition) is 5. The van der Waals surface area contributed by atoms with Gasteiger partial charge < -0.3 is 20.1 Å². The lowest BCUT2D eigenvalue weighted by molar-refractivity contribution is -0.275. The predicted octanol–water partition coefficient (Wildman–Crippen LogP) is 2.11. The minimum absolute atomic E-state index is 0.0352. The van der Waals surface area contributed by atoms with Crippen LogP contribution in [0.2, 0.25) is 0 Å². The average molecular weight is 383 g/mol. The van der Waals surface area contributed by atoms with E-state index in [0.29, 0.717) is 19.5 Å². The van der Waals surface area contributed by atoms with Crippen molar-refractivity contribution in [3.8, 4) is 11.6 Å². The Morgan fingerprint density at radius 1 is 1.38 bits per heavy atom. The zero-order chi connectivity index (χ0) is 19.4. The number of nitrogens with one attached hydrogen (secondary N) is 2. The van der Waals surface area contributed by atoms with E-state index >= 15 is 0 Å². The highest BCUT2D eigenvalue weighted by molar-refractivity contribution is 5.83. The molecule has 0 aliphatic carbocycles. The summed E-state index contributed by atoms with van der Waals surface area (Å²) in [5, 5.41) is 5.33. The van der Waals surface area contributed by atoms with Crippen LogP contribution in [-0.4, -0.2) is 48.9 Å². The van der Waals surface area contributed by atoms with E-state index in [4.69, 9.17) is 0 Å². The number of piperidine rings is 1. The van der Waals surface area contributed by atoms with Crippen LogP contribution < -0.4 is 20.1 Å². The summed E-state index contributed by atoms with van der Waals surface area (Å²) in [5.74, 6) is -7.19. The summed E-state index contributed by atoms with van der Waals surface area (Å²) in [6.45, 7) is 1.51. The third kappa shape index (κ3) is 5.68. The largest absolute Gasteiger partial charge is 0.573 e. The van der Waals surface area contributed by atoms with Gasteiger partial charge in [-0.1, -0.05) is 6.92 Å². The first-order valence-electron chi connectivity index (χ1n) is 7.81. The molecule has 0 spiro atoms. The second-order valence-electron chi connectivity index (χ2n) is 5.90. The molecule has 1 aliphatic heterocycles. The number of carbonyl (C=O) groups is 1. The van der Waals surface area contributed by atoms with Gasteiger partial charge in [-0.05, 0) is 37.6 Å². The maximum absolute atomic E-state index is 14.0. The van der Waals surface area contributed by atoms with Crippen molar-refractivity contribution < 1.29 is 36.2 Å². The first-order chi connectivity index (χ1) is 12.1. The van der Waals surface area contributed by atoms with Crippen LogP contribution in [-0.2, 0) is 4.79 Å². The minimum atomic E-state index is -5.04. The van der Waals surface area contributed by atoms with E-state index in [1.54, 1.807) is 6.92 Å². The monoisotopic (exact) mass is 383 g/mol. The minimum Gasteiger partial charge on any atom is -0.468 e. The first kappa shape index (κ1) is 20.1. The van der Waals surface area contributed by atoms with Crippen molar-refractivity contribution >= 4 is 5.91 Å². The van der Waals surface area contributed by atoms with Crippen LogP contribution in [0.4, 0.5) is 22.0 Å². The van der Waals surface area contributed by atoms with Crippen molar-refractivity contribution in [2.24, 2.45) is 5.92 Å². The summed E-state index contributed by atoms with van der Waals surface area (Å²) in [5.41, 5.74) is 0. The SMILES string of the molecule is C[C@H]1CNCC[C@@H]1NC(=O)C(F)(F)COc1ncccc1OC(F)(F)F. The normalized spacial score (nSPS) is 21.2. The van der Waals surface area contributed by atoms with Gasteiger partial charge in [0.05, 0.1) is 0 Å². The van der Waals surface area contributed by atoms with Crippen LogP contribution in [0, 0.1) is 5.92 Å². The topological polar surface area (TPSA) is 72.5 Å². The number of nitrogens with zero attached hydrogens (tertiary/aromatic N) is 1. The number of carbonyl (C=O) groups excluding carboxylic acids is 1. The molecule has 1 saturated heterocycles. The Labute approximate surface area is 146 Å². The van der Waals surface area contributed by atoms with Crippen LogP contribution in [0.15, 0.2) is 18.3 Å². The number of aromatic nitrogens is 1. The molecule has 6 nitrogen and oxygen atoms in total. The number of hydrogen-bond donors (Lipinski definition) is 2. The fourth-order valence-corrected chi connectivity index (χ4v) is 2.41. The van der Waals surface area contributed by atoms with Gasteiger partial charge in [-0.25, -0.2) is 4.98 Å². The lowest BCUT2D eigenvalue weighted by Gasteiger charge is -2.31. The second-order valence-corrected chi connectivity index (χ2v) is 5.90. The molecule has 1 aromatic rings. The number of pyridine rings is 1. The molecule has 2 atom stereocenters. The molecule has 0 bridgehead atoms. The smallest absolute Gasteiger partial charge is 0.468 e. The van der Waals surface area contributed by atoms with Gasteiger partial charge in [-0.15, -0.1) is 13.2 Å². The lowest BCUT2D eigenvalue weighted by atomic mass is 9.95. The van der Waals surface area contributed by atoms with Crippen molar-refractivity contribution in [2.75, 3.05) is 19.7 Å². The molecule has 0 aromatic carbocycles. The highest BCUT2D eigenvalue weighted by Crippen LogP contribution is 2.30. The Kier molecular flexibility index (Phi) is 6.21. The molecule has 146 valence electrons. The Bertz CT molecular complexity index is 627. The van der Waals surface area contributed by atoms with E-state index in [2.05, 4.69) is 25.1 Å². The summed E-state index contributed by atoms with van der Waals surface area (Å²) < 4.78 is 73.2. The lowest BCUT2D eigenvalue weighted by Crippen LogP contribution is -2.54. The Morgan fingerprint density at radius 2 is 2.12 bits per heavy atom. The van der Waals surface area contributed by atoms with Gasteiger partial charge in [0, 0.05) is 12.2 Å². The van der Waals surface area contributed by atoms with Gasteiger partial charge in [0.2, 0.25) is 0 Å². The van der Waals surface area contributed by atoms with E-state index < -0.39 is 42.5 Å². The maximum atomic E-state index is 14.0. The van der Waals surface area contributed by atoms with Crippen molar-refractivity contribution in [1.82, 2.24) is 15.6 Å². The van der Waals surface area contributed by atoms with Gasteiger partial charge in [0.1, 0.15) is 0 Å². The maximum Gasteiger partial charge on any atom is 0.573 e. The van der Waals surface area contributed by atoms with E-state index in [1.807, 2.05) is 0 Å². The van der Waals surface area contributed by atoms with Crippen molar-refractivity contribution in [3.05, 3.63) is 18.3 Å². The Balaban J connectivity index is 1.98. The van der Waals surface area contributed by atoms with Gasteiger partial charge in [0.15, 0.2) is 12.4 Å². The highest BCUT2D eigenvalue weighted by Gasteiger charge is 2.42. The molecular weight excluding hydrogens is 365 g/mol. The standard InChI is InChI=1S/C15H18F5N3O3/c1-9-7-21-6-4-10(9)23-13(24)14(16,17)8-25-12-11(3-2-5-22-12)26-15(18,19)20/h2-3,5,9-10,21H,4,6-8H2,1H3,(H,23,24)/t9-,10-/m0/s1. The Morgan fingerprint density at radius 3 is 2.77 bits per heavy atom. The van der Waals surface area contributed by atoms with Crippen LogP contribution in [0.3, 0.4) is 0 Å². The summed E-state index contributed by atoms with van der Waals surface area (Å²) in [7, 11) is 0. The number of halogens is 5. The van der Waals surface area contributed by atoms with E-state index in [0.717, 1.165) is 18.3 Å². The summed E-state index contributed by atoms with van der Waals surface area (Å²) >= 11 is 0. The van der Waals surface area contributed by atoms with Crippen molar-refractivity contribution in [1.29, 1.82) is 0 Å². The highest BCUT2D eigenvalue weighted by atomic mass is 19.4. The van der Waals surface area contributed by atoms with Gasteiger partial charge in [-0.3, -0.25) is 4.79 Å². The van der Waals surface area contributed by atoms with Gasteiger partial charge >= 0.3 is 12.3 Å². The van der Waals surface area contributed by atoms with E-state index in [-0.39, 0.29) is 5.92 Å². The van der Waals surface area contributed by atoms with Crippen LogP contribution in [0.1, 0.15) is 13.3 Å². The van der Waals surface area contributed by atoms with E-state index in [1.165, 1.54) is 0 Å². The zero-order valence-electron chi connectivity index (χ0n) is 13.8. The van der Waals surface area contributed by atoms with Crippen LogP contribution in [0.5, 0.6) is 11.6 Å². The molecule has 26 heavy (non-hydrogen) atoms. The first-order valence-corrected chi connectivity index (χ1v) is 7.81. The number of ether oxygens (including phenoxy) is 2. The molecule has 2 N–H and O–H groups in total. The summed E-state index contributed by atoms with van der Waals surface area (Å²) in [4.78, 5) is 15.3. The van der Waals surface area contributed by atoms with Gasteiger partial charge in [-0.2, -0.15) is 8.78 Å². The predicted molar refractivity (Wildman–Crippen MR) is 79.9 cm³/mol. The fourth-order valence-electron chi connectivity index (χ4n) is 2.41. The van der Waals surface area contributed by atoms with Crippen molar-refractivity contribution in [2.45, 2.75) is 31.7 Å². The zero-order valence-corrected chi connectivity index (χ0v) is 13.8. The number of alkyl halides is 5. The second kappa shape index (κ2) is 8.02. The molecule has 0 saturated carbocycles. The molecule has 2 rings (SSSR count). The Hall–Kier alpha value is -2.17. The molecule has 1 aromatic heterocycles. The average Bonchev–Trinajstić information content (AvgIpc) is 2.54. The molecule has 1 fully saturated rings. The molecule has 0 unspecified atom stereocenters. The van der Waals surface area contributed by atoms with E-state index in [9.17, 15) is 26.7 Å².